The van der Waals surface area contributed by atoms with E-state index in [9.17, 15) is 9.59 Å². The average molecular weight is 277 g/mol. The van der Waals surface area contributed by atoms with Gasteiger partial charge in [0.25, 0.3) is 11.7 Å². The molecule has 0 bridgehead atoms. The highest BCUT2D eigenvalue weighted by Crippen LogP contribution is 2.32. The van der Waals surface area contributed by atoms with Crippen molar-refractivity contribution in [1.29, 1.82) is 0 Å². The third kappa shape index (κ3) is 2.89. The minimum Gasteiger partial charge on any atom is -0.382 e. The first-order valence-electron chi connectivity index (χ1n) is 6.69. The van der Waals surface area contributed by atoms with E-state index in [0.717, 1.165) is 11.3 Å². The fraction of sp³-hybridized carbons (Fsp3) is 0.467. The molecule has 0 radical (unpaired) electrons. The number of amides is 1. The van der Waals surface area contributed by atoms with Gasteiger partial charge >= 0.3 is 0 Å². The number of carbonyl (C=O) groups excluding carboxylic acids is 2. The second kappa shape index (κ2) is 6.63. The lowest BCUT2D eigenvalue weighted by Gasteiger charge is -2.18. The lowest BCUT2D eigenvalue weighted by Crippen LogP contribution is -2.31. The van der Waals surface area contributed by atoms with E-state index >= 15 is 0 Å². The van der Waals surface area contributed by atoms with E-state index in [1.807, 2.05) is 13.0 Å². The van der Waals surface area contributed by atoms with Crippen LogP contribution in [-0.2, 0) is 14.3 Å². The number of benzene rings is 1. The fourth-order valence-corrected chi connectivity index (χ4v) is 2.32. The van der Waals surface area contributed by atoms with Crippen LogP contribution in [0.3, 0.4) is 0 Å². The molecule has 5 nitrogen and oxygen atoms in total. The van der Waals surface area contributed by atoms with E-state index in [2.05, 4.69) is 0 Å². The number of anilines is 1. The summed E-state index contributed by atoms with van der Waals surface area (Å²) < 4.78 is 10.2. The Hall–Kier alpha value is -1.72. The highest BCUT2D eigenvalue weighted by Gasteiger charge is 2.36. The number of ketones is 1. The van der Waals surface area contributed by atoms with Crippen LogP contribution in [0.25, 0.3) is 0 Å². The monoisotopic (exact) mass is 277 g/mol. The van der Waals surface area contributed by atoms with Gasteiger partial charge in [0.05, 0.1) is 24.5 Å². The third-order valence-electron chi connectivity index (χ3n) is 3.29. The van der Waals surface area contributed by atoms with Gasteiger partial charge in [-0.3, -0.25) is 9.59 Å². The second-order valence-electron chi connectivity index (χ2n) is 4.72. The van der Waals surface area contributed by atoms with Gasteiger partial charge in [-0.15, -0.1) is 0 Å². The predicted octanol–water partition coefficient (Wildman–Crippen LogP) is 1.58. The van der Waals surface area contributed by atoms with Crippen LogP contribution in [0.5, 0.6) is 0 Å². The number of rotatable bonds is 7. The molecule has 1 amide bonds. The number of hydrogen-bond donors (Lipinski definition) is 0. The summed E-state index contributed by atoms with van der Waals surface area (Å²) in [6, 6.07) is 5.42. The number of methoxy groups -OCH3 is 1. The van der Waals surface area contributed by atoms with Gasteiger partial charge in [0.15, 0.2) is 0 Å². The number of para-hydroxylation sites is 1. The van der Waals surface area contributed by atoms with Gasteiger partial charge in [0, 0.05) is 20.3 Å². The molecular weight excluding hydrogens is 258 g/mol. The fourth-order valence-electron chi connectivity index (χ4n) is 2.32. The van der Waals surface area contributed by atoms with Gasteiger partial charge in [-0.1, -0.05) is 12.1 Å². The van der Waals surface area contributed by atoms with E-state index in [0.29, 0.717) is 38.3 Å². The van der Waals surface area contributed by atoms with Crippen LogP contribution in [0.4, 0.5) is 5.69 Å². The third-order valence-corrected chi connectivity index (χ3v) is 3.29. The summed E-state index contributed by atoms with van der Waals surface area (Å²) in [6.45, 7) is 4.05. The van der Waals surface area contributed by atoms with E-state index in [4.69, 9.17) is 9.47 Å². The van der Waals surface area contributed by atoms with Gasteiger partial charge in [-0.2, -0.15) is 0 Å². The highest BCUT2D eigenvalue weighted by molar-refractivity contribution is 6.52. The zero-order valence-corrected chi connectivity index (χ0v) is 11.8. The smallest absolute Gasteiger partial charge is 0.299 e. The summed E-state index contributed by atoms with van der Waals surface area (Å²) in [5.41, 5.74) is 2.21. The Bertz CT molecular complexity index is 513. The SMILES string of the molecule is COCCOCCCN1C(=O)C(=O)c2cccc(C)c21. The number of ether oxygens (including phenoxy) is 2. The van der Waals surface area contributed by atoms with Crippen LogP contribution >= 0.6 is 0 Å². The standard InChI is InChI=1S/C15H19NO4/c1-11-5-3-6-12-13(11)16(15(18)14(12)17)7-4-8-20-10-9-19-2/h3,5-6H,4,7-10H2,1-2H3. The molecule has 1 heterocycles. The molecule has 1 aromatic rings. The van der Waals surface area contributed by atoms with Gasteiger partial charge < -0.3 is 14.4 Å². The van der Waals surface area contributed by atoms with Crippen molar-refractivity contribution < 1.29 is 19.1 Å². The molecular formula is C15H19NO4. The van der Waals surface area contributed by atoms with Crippen molar-refractivity contribution in [2.24, 2.45) is 0 Å². The largest absolute Gasteiger partial charge is 0.382 e. The van der Waals surface area contributed by atoms with E-state index in [1.54, 1.807) is 24.1 Å². The first-order chi connectivity index (χ1) is 9.66. The second-order valence-corrected chi connectivity index (χ2v) is 4.72. The lowest BCUT2D eigenvalue weighted by atomic mass is 10.1. The Morgan fingerprint density at radius 3 is 2.70 bits per heavy atom. The molecule has 0 aromatic heterocycles. The van der Waals surface area contributed by atoms with Crippen LogP contribution in [0, 0.1) is 6.92 Å². The number of fused-ring (bicyclic) bond motifs is 1. The molecule has 0 saturated heterocycles. The Kier molecular flexibility index (Phi) is 4.87. The van der Waals surface area contributed by atoms with Gasteiger partial charge in [0.1, 0.15) is 0 Å². The molecule has 0 aliphatic carbocycles. The Morgan fingerprint density at radius 2 is 1.95 bits per heavy atom. The maximum atomic E-state index is 12.0. The van der Waals surface area contributed by atoms with Crippen LogP contribution in [0.2, 0.25) is 0 Å². The summed E-state index contributed by atoms with van der Waals surface area (Å²) in [6.07, 6.45) is 0.691. The topological polar surface area (TPSA) is 55.8 Å². The summed E-state index contributed by atoms with van der Waals surface area (Å²) >= 11 is 0. The maximum Gasteiger partial charge on any atom is 0.299 e. The summed E-state index contributed by atoms with van der Waals surface area (Å²) in [5.74, 6) is -0.852. The molecule has 5 heteroatoms. The van der Waals surface area contributed by atoms with Crippen LogP contribution in [-0.4, -0.2) is 45.2 Å². The van der Waals surface area contributed by atoms with Gasteiger partial charge in [-0.25, -0.2) is 0 Å². The number of Topliss-reactive ketones (excluding diaryl/α,β-unsaturated/α-hetero) is 1. The normalized spacial score (nSPS) is 14.0. The maximum absolute atomic E-state index is 12.0. The minimum atomic E-state index is -0.439. The summed E-state index contributed by atoms with van der Waals surface area (Å²) in [4.78, 5) is 25.5. The van der Waals surface area contributed by atoms with E-state index in [1.165, 1.54) is 0 Å². The van der Waals surface area contributed by atoms with Gasteiger partial charge in [0.2, 0.25) is 0 Å². The van der Waals surface area contributed by atoms with Crippen molar-refractivity contribution in [1.82, 2.24) is 0 Å². The molecule has 0 saturated carbocycles. The van der Waals surface area contributed by atoms with Crippen molar-refractivity contribution >= 4 is 17.4 Å². The quantitative estimate of drug-likeness (QED) is 0.561. The Balaban J connectivity index is 1.96. The van der Waals surface area contributed by atoms with Crippen LogP contribution < -0.4 is 4.90 Å². The number of nitrogens with zero attached hydrogens (tertiary/aromatic N) is 1. The molecule has 1 aliphatic rings. The Morgan fingerprint density at radius 1 is 1.15 bits per heavy atom. The number of carbonyl (C=O) groups is 2. The molecule has 0 spiro atoms. The Labute approximate surface area is 118 Å². The van der Waals surface area contributed by atoms with Crippen molar-refractivity contribution in [3.05, 3.63) is 29.3 Å². The molecule has 1 aromatic carbocycles. The van der Waals surface area contributed by atoms with Crippen molar-refractivity contribution in [2.45, 2.75) is 13.3 Å². The highest BCUT2D eigenvalue weighted by atomic mass is 16.5. The minimum absolute atomic E-state index is 0.413. The first kappa shape index (κ1) is 14.7. The van der Waals surface area contributed by atoms with E-state index < -0.39 is 11.7 Å². The molecule has 0 fully saturated rings. The number of aryl methyl sites for hydroxylation is 1. The molecule has 108 valence electrons. The van der Waals surface area contributed by atoms with Gasteiger partial charge in [-0.05, 0) is 25.0 Å². The summed E-state index contributed by atoms with van der Waals surface area (Å²) in [5, 5.41) is 0. The zero-order valence-electron chi connectivity index (χ0n) is 11.8. The molecule has 1 aliphatic heterocycles. The van der Waals surface area contributed by atoms with Crippen LogP contribution in [0.1, 0.15) is 22.3 Å². The average Bonchev–Trinajstić information content (AvgIpc) is 2.69. The molecule has 0 N–H and O–H groups in total. The van der Waals surface area contributed by atoms with E-state index in [-0.39, 0.29) is 0 Å². The predicted molar refractivity (Wildman–Crippen MR) is 75.2 cm³/mol. The first-order valence-corrected chi connectivity index (χ1v) is 6.69. The van der Waals surface area contributed by atoms with Crippen molar-refractivity contribution in [3.63, 3.8) is 0 Å². The van der Waals surface area contributed by atoms with Crippen molar-refractivity contribution in [3.8, 4) is 0 Å². The van der Waals surface area contributed by atoms with Crippen molar-refractivity contribution in [2.75, 3.05) is 38.4 Å². The molecule has 0 unspecified atom stereocenters. The zero-order chi connectivity index (χ0) is 14.5. The molecule has 0 atom stereocenters. The van der Waals surface area contributed by atoms with Crippen LogP contribution in [0.15, 0.2) is 18.2 Å². The summed E-state index contributed by atoms with van der Waals surface area (Å²) in [7, 11) is 1.62. The molecule has 2 rings (SSSR count). The number of hydrogen-bond acceptors (Lipinski definition) is 4. The molecule has 20 heavy (non-hydrogen) atoms. The lowest BCUT2D eigenvalue weighted by molar-refractivity contribution is -0.114.